The number of hydrogen-bond acceptors (Lipinski definition) is 5. The molecule has 146 valence electrons. The van der Waals surface area contributed by atoms with Gasteiger partial charge in [0, 0.05) is 19.2 Å². The molecule has 7 nitrogen and oxygen atoms in total. The van der Waals surface area contributed by atoms with Crippen molar-refractivity contribution < 1.29 is 19.4 Å². The number of aromatic hydroxyl groups is 1. The standard InChI is InChI=1S/C21H22N2O5/c1-13-21-22(10-5-11-28-21)20(27)17-19(26)18(25)15(12-23(13)17)16(24)9-8-14-6-3-2-4-7-14/h2-4,6-7,12-13,21,26H,5,8-11H2,1H3. The highest BCUT2D eigenvalue weighted by atomic mass is 16.5. The minimum Gasteiger partial charge on any atom is -0.503 e. The molecule has 2 aliphatic heterocycles. The summed E-state index contributed by atoms with van der Waals surface area (Å²) in [6, 6.07) is 9.19. The molecule has 2 aromatic rings. The number of aromatic nitrogens is 1. The number of nitrogens with zero attached hydrogens (tertiary/aromatic N) is 2. The molecule has 1 amide bonds. The van der Waals surface area contributed by atoms with E-state index in [-0.39, 0.29) is 29.5 Å². The summed E-state index contributed by atoms with van der Waals surface area (Å²) in [5.74, 6) is -1.46. The maximum absolute atomic E-state index is 12.8. The third kappa shape index (κ3) is 3.01. The summed E-state index contributed by atoms with van der Waals surface area (Å²) < 4.78 is 7.25. The first-order valence-electron chi connectivity index (χ1n) is 9.47. The van der Waals surface area contributed by atoms with Crippen molar-refractivity contribution in [3.8, 4) is 5.75 Å². The maximum atomic E-state index is 12.8. The van der Waals surface area contributed by atoms with E-state index < -0.39 is 23.3 Å². The monoisotopic (exact) mass is 382 g/mol. The fraction of sp³-hybridized carbons (Fsp3) is 0.381. The quantitative estimate of drug-likeness (QED) is 0.819. The average molecular weight is 382 g/mol. The summed E-state index contributed by atoms with van der Waals surface area (Å²) in [7, 11) is 0. The molecular formula is C21H22N2O5. The summed E-state index contributed by atoms with van der Waals surface area (Å²) in [5, 5.41) is 10.5. The lowest BCUT2D eigenvalue weighted by atomic mass is 10.0. The zero-order valence-electron chi connectivity index (χ0n) is 15.6. The first-order chi connectivity index (χ1) is 13.5. The largest absolute Gasteiger partial charge is 0.503 e. The number of amides is 1. The number of ether oxygens (including phenoxy) is 1. The van der Waals surface area contributed by atoms with Gasteiger partial charge < -0.3 is 19.3 Å². The van der Waals surface area contributed by atoms with Crippen molar-refractivity contribution in [3.05, 3.63) is 63.6 Å². The Hall–Kier alpha value is -2.93. The van der Waals surface area contributed by atoms with E-state index >= 15 is 0 Å². The van der Waals surface area contributed by atoms with Crippen LogP contribution < -0.4 is 5.43 Å². The van der Waals surface area contributed by atoms with Crippen LogP contribution in [0.25, 0.3) is 0 Å². The fourth-order valence-electron chi connectivity index (χ4n) is 3.93. The van der Waals surface area contributed by atoms with Gasteiger partial charge in [-0.05, 0) is 25.3 Å². The Morgan fingerprint density at radius 1 is 1.25 bits per heavy atom. The number of pyridine rings is 1. The molecule has 0 bridgehead atoms. The van der Waals surface area contributed by atoms with Crippen LogP contribution in [0.2, 0.25) is 0 Å². The summed E-state index contributed by atoms with van der Waals surface area (Å²) in [6.07, 6.45) is 2.28. The molecule has 1 fully saturated rings. The summed E-state index contributed by atoms with van der Waals surface area (Å²) >= 11 is 0. The Bertz CT molecular complexity index is 982. The predicted octanol–water partition coefficient (Wildman–Crippen LogP) is 2.13. The van der Waals surface area contributed by atoms with Crippen LogP contribution in [-0.2, 0) is 11.2 Å². The van der Waals surface area contributed by atoms with Crippen molar-refractivity contribution in [1.82, 2.24) is 9.47 Å². The molecule has 0 spiro atoms. The van der Waals surface area contributed by atoms with Gasteiger partial charge in [-0.3, -0.25) is 14.4 Å². The third-order valence-corrected chi connectivity index (χ3v) is 5.45. The Morgan fingerprint density at radius 2 is 2.00 bits per heavy atom. The molecule has 2 aliphatic rings. The number of rotatable bonds is 4. The lowest BCUT2D eigenvalue weighted by molar-refractivity contribution is -0.108. The topological polar surface area (TPSA) is 88.8 Å². The highest BCUT2D eigenvalue weighted by Crippen LogP contribution is 2.33. The fourth-order valence-corrected chi connectivity index (χ4v) is 3.93. The first kappa shape index (κ1) is 18.4. The summed E-state index contributed by atoms with van der Waals surface area (Å²) in [4.78, 5) is 39.7. The highest BCUT2D eigenvalue weighted by molar-refractivity contribution is 6.00. The van der Waals surface area contributed by atoms with Crippen molar-refractivity contribution in [2.45, 2.75) is 38.5 Å². The van der Waals surface area contributed by atoms with Crippen LogP contribution in [0, 0.1) is 0 Å². The van der Waals surface area contributed by atoms with Gasteiger partial charge in [-0.15, -0.1) is 0 Å². The molecule has 0 saturated carbocycles. The second kappa shape index (κ2) is 7.24. The van der Waals surface area contributed by atoms with Crippen LogP contribution in [0.1, 0.15) is 52.2 Å². The van der Waals surface area contributed by atoms with Crippen LogP contribution in [0.5, 0.6) is 5.75 Å². The zero-order chi connectivity index (χ0) is 19.8. The van der Waals surface area contributed by atoms with Crippen LogP contribution in [0.4, 0.5) is 0 Å². The van der Waals surface area contributed by atoms with Crippen molar-refractivity contribution in [2.75, 3.05) is 13.2 Å². The number of fused-ring (bicyclic) bond motifs is 2. The van der Waals surface area contributed by atoms with Gasteiger partial charge in [0.25, 0.3) is 5.91 Å². The molecule has 1 N–H and O–H groups in total. The van der Waals surface area contributed by atoms with Gasteiger partial charge in [0.05, 0.1) is 18.2 Å². The van der Waals surface area contributed by atoms with Crippen molar-refractivity contribution >= 4 is 11.7 Å². The SMILES string of the molecule is CC1C2OCCCN2C(=O)c2c(O)c(=O)c(C(=O)CCc3ccccc3)cn21. The molecule has 0 aliphatic carbocycles. The van der Waals surface area contributed by atoms with Crippen molar-refractivity contribution in [1.29, 1.82) is 0 Å². The second-order valence-corrected chi connectivity index (χ2v) is 7.24. The number of ketones is 1. The van der Waals surface area contributed by atoms with Gasteiger partial charge in [0.1, 0.15) is 0 Å². The number of carbonyl (C=O) groups excluding carboxylic acids is 2. The summed E-state index contributed by atoms with van der Waals surface area (Å²) in [5.41, 5.74) is 0.0362. The molecule has 1 saturated heterocycles. The van der Waals surface area contributed by atoms with Gasteiger partial charge in [0.15, 0.2) is 23.5 Å². The van der Waals surface area contributed by atoms with E-state index in [1.54, 1.807) is 4.90 Å². The summed E-state index contributed by atoms with van der Waals surface area (Å²) in [6.45, 7) is 2.91. The molecule has 3 heterocycles. The van der Waals surface area contributed by atoms with E-state index in [1.807, 2.05) is 37.3 Å². The highest BCUT2D eigenvalue weighted by Gasteiger charge is 2.42. The molecule has 28 heavy (non-hydrogen) atoms. The Morgan fingerprint density at radius 3 is 2.75 bits per heavy atom. The Balaban J connectivity index is 1.68. The number of hydrogen-bond donors (Lipinski definition) is 1. The molecule has 4 rings (SSSR count). The zero-order valence-corrected chi connectivity index (χ0v) is 15.6. The van der Waals surface area contributed by atoms with Gasteiger partial charge in [-0.25, -0.2) is 0 Å². The van der Waals surface area contributed by atoms with E-state index in [0.717, 1.165) is 5.56 Å². The van der Waals surface area contributed by atoms with E-state index in [0.29, 0.717) is 26.0 Å². The van der Waals surface area contributed by atoms with Crippen molar-refractivity contribution in [2.24, 2.45) is 0 Å². The molecular weight excluding hydrogens is 360 g/mol. The van der Waals surface area contributed by atoms with Crippen LogP contribution in [0.15, 0.2) is 41.3 Å². The van der Waals surface area contributed by atoms with Gasteiger partial charge in [0.2, 0.25) is 5.43 Å². The lowest BCUT2D eigenvalue weighted by Crippen LogP contribution is -2.55. The van der Waals surface area contributed by atoms with Gasteiger partial charge in [-0.2, -0.15) is 0 Å². The number of aryl methyl sites for hydroxylation is 1. The first-order valence-corrected chi connectivity index (χ1v) is 9.47. The van der Waals surface area contributed by atoms with Gasteiger partial charge in [-0.1, -0.05) is 30.3 Å². The van der Waals surface area contributed by atoms with Crippen molar-refractivity contribution in [3.63, 3.8) is 0 Å². The normalized spacial score (nSPS) is 21.2. The van der Waals surface area contributed by atoms with E-state index in [1.165, 1.54) is 10.8 Å². The molecule has 7 heteroatoms. The number of Topliss-reactive ketones (excluding diaryl/α,β-unsaturated/α-hetero) is 1. The minimum absolute atomic E-state index is 0.0705. The second-order valence-electron chi connectivity index (χ2n) is 7.24. The number of benzene rings is 1. The third-order valence-electron chi connectivity index (χ3n) is 5.45. The molecule has 2 unspecified atom stereocenters. The predicted molar refractivity (Wildman–Crippen MR) is 102 cm³/mol. The van der Waals surface area contributed by atoms with Gasteiger partial charge >= 0.3 is 0 Å². The maximum Gasteiger partial charge on any atom is 0.276 e. The van der Waals surface area contributed by atoms with Crippen LogP contribution >= 0.6 is 0 Å². The lowest BCUT2D eigenvalue weighted by Gasteiger charge is -2.44. The molecule has 2 atom stereocenters. The van der Waals surface area contributed by atoms with Crippen LogP contribution in [-0.4, -0.2) is 45.6 Å². The average Bonchev–Trinajstić information content (AvgIpc) is 2.73. The molecule has 1 aromatic heterocycles. The van der Waals surface area contributed by atoms with Crippen LogP contribution in [0.3, 0.4) is 0 Å². The Labute approximate surface area is 162 Å². The molecule has 0 radical (unpaired) electrons. The smallest absolute Gasteiger partial charge is 0.276 e. The molecule has 1 aromatic carbocycles. The van der Waals surface area contributed by atoms with E-state index in [2.05, 4.69) is 0 Å². The minimum atomic E-state index is -0.791. The van der Waals surface area contributed by atoms with E-state index in [4.69, 9.17) is 4.74 Å². The number of carbonyl (C=O) groups is 2. The Kier molecular flexibility index (Phi) is 4.77. The van der Waals surface area contributed by atoms with E-state index in [9.17, 15) is 19.5 Å².